The van der Waals surface area contributed by atoms with E-state index in [1.165, 1.54) is 22.3 Å². The molecule has 4 rings (SSSR count). The van der Waals surface area contributed by atoms with Crippen LogP contribution in [0.2, 0.25) is 0 Å². The molecule has 4 heteroatoms. The third-order valence-electron chi connectivity index (χ3n) is 6.03. The van der Waals surface area contributed by atoms with Crippen LogP contribution in [0.5, 0.6) is 11.5 Å². The minimum Gasteiger partial charge on any atom is -0.493 e. The molecule has 4 nitrogen and oxygen atoms in total. The molecule has 2 aliphatic rings. The van der Waals surface area contributed by atoms with Gasteiger partial charge in [-0.2, -0.15) is 0 Å². The summed E-state index contributed by atoms with van der Waals surface area (Å²) in [6, 6.07) is 13.6. The number of fused-ring (bicyclic) bond motifs is 3. The molecular formula is C22H28N2O2. The van der Waals surface area contributed by atoms with Gasteiger partial charge in [0.25, 0.3) is 0 Å². The van der Waals surface area contributed by atoms with E-state index in [1.54, 1.807) is 14.2 Å². The first kappa shape index (κ1) is 17.4. The average Bonchev–Trinajstić information content (AvgIpc) is 2.66. The van der Waals surface area contributed by atoms with Crippen LogP contribution in [0.4, 0.5) is 0 Å². The molecule has 3 atom stereocenters. The van der Waals surface area contributed by atoms with E-state index in [1.807, 2.05) is 0 Å². The molecule has 138 valence electrons. The molecule has 26 heavy (non-hydrogen) atoms. The van der Waals surface area contributed by atoms with Crippen molar-refractivity contribution >= 4 is 0 Å². The van der Waals surface area contributed by atoms with E-state index in [-0.39, 0.29) is 6.04 Å². The van der Waals surface area contributed by atoms with Crippen molar-refractivity contribution in [2.75, 3.05) is 27.3 Å². The van der Waals surface area contributed by atoms with Gasteiger partial charge in [-0.3, -0.25) is 4.90 Å². The van der Waals surface area contributed by atoms with E-state index in [2.05, 4.69) is 48.2 Å². The van der Waals surface area contributed by atoms with Gasteiger partial charge in [-0.25, -0.2) is 0 Å². The van der Waals surface area contributed by atoms with Gasteiger partial charge in [0.2, 0.25) is 0 Å². The summed E-state index contributed by atoms with van der Waals surface area (Å²) >= 11 is 0. The van der Waals surface area contributed by atoms with Crippen LogP contribution in [-0.4, -0.2) is 38.3 Å². The van der Waals surface area contributed by atoms with Crippen molar-refractivity contribution in [2.45, 2.75) is 37.8 Å². The number of hydrogen-bond donors (Lipinski definition) is 1. The fraction of sp³-hybridized carbons (Fsp3) is 0.455. The molecule has 1 fully saturated rings. The Hall–Kier alpha value is -2.04. The van der Waals surface area contributed by atoms with Crippen LogP contribution in [-0.2, 0) is 6.42 Å². The van der Waals surface area contributed by atoms with Crippen molar-refractivity contribution in [1.82, 2.24) is 4.90 Å². The van der Waals surface area contributed by atoms with E-state index in [4.69, 9.17) is 15.2 Å². The fourth-order valence-electron chi connectivity index (χ4n) is 4.64. The maximum absolute atomic E-state index is 6.67. The molecule has 2 heterocycles. The predicted molar refractivity (Wildman–Crippen MR) is 104 cm³/mol. The van der Waals surface area contributed by atoms with Gasteiger partial charge in [0.1, 0.15) is 0 Å². The summed E-state index contributed by atoms with van der Waals surface area (Å²) in [4.78, 5) is 2.60. The highest BCUT2D eigenvalue weighted by atomic mass is 16.5. The molecule has 0 spiro atoms. The Morgan fingerprint density at radius 1 is 1.08 bits per heavy atom. The van der Waals surface area contributed by atoms with Crippen molar-refractivity contribution in [3.8, 4) is 11.5 Å². The van der Waals surface area contributed by atoms with Crippen molar-refractivity contribution < 1.29 is 9.47 Å². The Bertz CT molecular complexity index is 805. The molecular weight excluding hydrogens is 324 g/mol. The molecule has 2 N–H and O–H groups in total. The number of nitrogens with two attached hydrogens (primary N) is 1. The van der Waals surface area contributed by atoms with Gasteiger partial charge in [0, 0.05) is 31.1 Å². The van der Waals surface area contributed by atoms with E-state index < -0.39 is 0 Å². The molecule has 0 bridgehead atoms. The highest BCUT2D eigenvalue weighted by Gasteiger charge is 2.38. The Morgan fingerprint density at radius 3 is 2.58 bits per heavy atom. The molecule has 2 aromatic carbocycles. The lowest BCUT2D eigenvalue weighted by molar-refractivity contribution is 0.109. The third kappa shape index (κ3) is 2.97. The number of rotatable bonds is 3. The second kappa shape index (κ2) is 6.93. The molecule has 0 aliphatic carbocycles. The smallest absolute Gasteiger partial charge is 0.161 e. The van der Waals surface area contributed by atoms with Crippen molar-refractivity contribution in [3.05, 3.63) is 58.7 Å². The van der Waals surface area contributed by atoms with Gasteiger partial charge in [0.15, 0.2) is 11.5 Å². The molecule has 2 aromatic rings. The monoisotopic (exact) mass is 352 g/mol. The summed E-state index contributed by atoms with van der Waals surface area (Å²) in [6.45, 7) is 4.24. The highest BCUT2D eigenvalue weighted by Crippen LogP contribution is 2.44. The maximum atomic E-state index is 6.67. The average molecular weight is 352 g/mol. The molecule has 1 unspecified atom stereocenters. The molecule has 2 aliphatic heterocycles. The van der Waals surface area contributed by atoms with E-state index in [9.17, 15) is 0 Å². The first-order chi connectivity index (χ1) is 12.6. The minimum absolute atomic E-state index is 0.164. The van der Waals surface area contributed by atoms with Crippen LogP contribution < -0.4 is 15.2 Å². The SMILES string of the molecule is COc1cc2c(cc1OC)[C@H]1CC(N)[C@H](c3cccc(C)c3)CN1CC2. The number of benzene rings is 2. The molecule has 1 saturated heterocycles. The lowest BCUT2D eigenvalue weighted by Gasteiger charge is -2.46. The van der Waals surface area contributed by atoms with E-state index >= 15 is 0 Å². The van der Waals surface area contributed by atoms with Gasteiger partial charge in [0.05, 0.1) is 14.2 Å². The van der Waals surface area contributed by atoms with E-state index in [0.717, 1.165) is 37.4 Å². The topological polar surface area (TPSA) is 47.7 Å². The highest BCUT2D eigenvalue weighted by molar-refractivity contribution is 5.50. The van der Waals surface area contributed by atoms with Crippen molar-refractivity contribution in [1.29, 1.82) is 0 Å². The summed E-state index contributed by atoms with van der Waals surface area (Å²) in [5.74, 6) is 2.02. The second-order valence-electron chi connectivity index (χ2n) is 7.59. The number of ether oxygens (including phenoxy) is 2. The van der Waals surface area contributed by atoms with Crippen LogP contribution in [0.25, 0.3) is 0 Å². The summed E-state index contributed by atoms with van der Waals surface area (Å²) in [6.07, 6.45) is 2.02. The van der Waals surface area contributed by atoms with Crippen LogP contribution in [0.15, 0.2) is 36.4 Å². The second-order valence-corrected chi connectivity index (χ2v) is 7.59. The van der Waals surface area contributed by atoms with Gasteiger partial charge < -0.3 is 15.2 Å². The largest absolute Gasteiger partial charge is 0.493 e. The van der Waals surface area contributed by atoms with Gasteiger partial charge in [-0.15, -0.1) is 0 Å². The first-order valence-corrected chi connectivity index (χ1v) is 9.41. The van der Waals surface area contributed by atoms with Crippen molar-refractivity contribution in [3.63, 3.8) is 0 Å². The molecule has 0 amide bonds. The normalized spacial score (nSPS) is 25.3. The quantitative estimate of drug-likeness (QED) is 0.919. The number of piperidine rings is 1. The minimum atomic E-state index is 0.164. The summed E-state index contributed by atoms with van der Waals surface area (Å²) < 4.78 is 11.0. The summed E-state index contributed by atoms with van der Waals surface area (Å²) in [5, 5.41) is 0. The lowest BCUT2D eigenvalue weighted by Crippen LogP contribution is -2.49. The molecule has 0 saturated carbocycles. The Morgan fingerprint density at radius 2 is 1.85 bits per heavy atom. The Kier molecular flexibility index (Phi) is 4.63. The predicted octanol–water partition coefficient (Wildman–Crippen LogP) is 3.43. The van der Waals surface area contributed by atoms with Gasteiger partial charge >= 0.3 is 0 Å². The standard InChI is InChI=1S/C22H28N2O2/c1-14-5-4-6-15(9-14)18-13-24-8-7-16-10-21(25-2)22(26-3)11-17(16)20(24)12-19(18)23/h4-6,9-11,18-20H,7-8,12-13,23H2,1-3H3/t18-,19?,20+/m0/s1. The van der Waals surface area contributed by atoms with Crippen molar-refractivity contribution in [2.24, 2.45) is 5.73 Å². The fourth-order valence-corrected chi connectivity index (χ4v) is 4.64. The lowest BCUT2D eigenvalue weighted by atomic mass is 9.78. The number of aryl methyl sites for hydroxylation is 1. The zero-order valence-electron chi connectivity index (χ0n) is 15.9. The summed E-state index contributed by atoms with van der Waals surface area (Å²) in [7, 11) is 3.40. The van der Waals surface area contributed by atoms with Crippen LogP contribution in [0.3, 0.4) is 0 Å². The zero-order chi connectivity index (χ0) is 18.3. The number of nitrogens with zero attached hydrogens (tertiary/aromatic N) is 1. The first-order valence-electron chi connectivity index (χ1n) is 9.41. The molecule has 0 radical (unpaired) electrons. The van der Waals surface area contributed by atoms with Crippen LogP contribution in [0.1, 0.15) is 40.6 Å². The third-order valence-corrected chi connectivity index (χ3v) is 6.03. The van der Waals surface area contributed by atoms with Crippen LogP contribution >= 0.6 is 0 Å². The number of hydrogen-bond acceptors (Lipinski definition) is 4. The number of methoxy groups -OCH3 is 2. The van der Waals surface area contributed by atoms with Gasteiger partial charge in [-0.1, -0.05) is 29.8 Å². The zero-order valence-corrected chi connectivity index (χ0v) is 15.9. The summed E-state index contributed by atoms with van der Waals surface area (Å²) in [5.41, 5.74) is 12.1. The maximum Gasteiger partial charge on any atom is 0.161 e. The van der Waals surface area contributed by atoms with E-state index in [0.29, 0.717) is 12.0 Å². The van der Waals surface area contributed by atoms with Gasteiger partial charge in [-0.05, 0) is 48.6 Å². The Labute approximate surface area is 155 Å². The van der Waals surface area contributed by atoms with Crippen LogP contribution in [0, 0.1) is 6.92 Å². The molecule has 0 aromatic heterocycles. The Balaban J connectivity index is 1.64.